The number of piperazine rings is 1. The molecule has 0 amide bonds. The summed E-state index contributed by atoms with van der Waals surface area (Å²) in [5.74, 6) is -0.225. The van der Waals surface area contributed by atoms with Crippen LogP contribution in [0.25, 0.3) is 0 Å². The molecule has 1 fully saturated rings. The Kier molecular flexibility index (Phi) is 7.01. The van der Waals surface area contributed by atoms with E-state index in [1.807, 2.05) is 11.0 Å². The number of anilines is 1. The lowest BCUT2D eigenvalue weighted by Gasteiger charge is -2.36. The zero-order valence-electron chi connectivity index (χ0n) is 16.8. The van der Waals surface area contributed by atoms with Crippen molar-refractivity contribution in [2.75, 3.05) is 44.2 Å². The Hall–Kier alpha value is -2.56. The van der Waals surface area contributed by atoms with Gasteiger partial charge in [-0.1, -0.05) is 18.2 Å². The zero-order valence-corrected chi connectivity index (χ0v) is 17.6. The van der Waals surface area contributed by atoms with Gasteiger partial charge in [-0.3, -0.25) is 15.0 Å². The maximum Gasteiger partial charge on any atom is 0.270 e. The third kappa shape index (κ3) is 5.32. The number of hydrogen-bond acceptors (Lipinski definition) is 6. The highest BCUT2D eigenvalue weighted by Gasteiger charge is 2.21. The maximum atomic E-state index is 13.9. The van der Waals surface area contributed by atoms with Crippen molar-refractivity contribution in [3.63, 3.8) is 0 Å². The molecule has 0 aromatic heterocycles. The van der Waals surface area contributed by atoms with Gasteiger partial charge in [0.1, 0.15) is 5.82 Å². The number of nitrogens with one attached hydrogen (secondary N) is 1. The molecule has 162 valence electrons. The van der Waals surface area contributed by atoms with Crippen LogP contribution in [0.5, 0.6) is 0 Å². The fraction of sp³-hybridized carbons (Fsp3) is 0.400. The first-order valence-corrected chi connectivity index (χ1v) is 11.2. The number of nitro benzene ring substituents is 1. The second kappa shape index (κ2) is 9.50. The topological polar surface area (TPSA) is 95.8 Å². The summed E-state index contributed by atoms with van der Waals surface area (Å²) in [6.45, 7) is 5.50. The molecule has 0 spiro atoms. The van der Waals surface area contributed by atoms with Crippen LogP contribution in [0.4, 0.5) is 15.8 Å². The molecular weight excluding hydrogens is 411 g/mol. The van der Waals surface area contributed by atoms with E-state index in [1.165, 1.54) is 18.2 Å². The van der Waals surface area contributed by atoms with Gasteiger partial charge in [-0.2, -0.15) is 0 Å². The molecule has 0 atom stereocenters. The molecule has 0 bridgehead atoms. The number of hydrogen-bond donors (Lipinski definition) is 1. The van der Waals surface area contributed by atoms with Gasteiger partial charge in [-0.05, 0) is 37.6 Å². The summed E-state index contributed by atoms with van der Waals surface area (Å²) in [6.07, 6.45) is 0.604. The van der Waals surface area contributed by atoms with Gasteiger partial charge in [0.15, 0.2) is 0 Å². The van der Waals surface area contributed by atoms with Gasteiger partial charge in [0, 0.05) is 44.9 Å². The van der Waals surface area contributed by atoms with Gasteiger partial charge in [-0.15, -0.1) is 0 Å². The second-order valence-electron chi connectivity index (χ2n) is 7.24. The van der Waals surface area contributed by atoms with Gasteiger partial charge >= 0.3 is 0 Å². The summed E-state index contributed by atoms with van der Waals surface area (Å²) < 4.78 is 41.5. The van der Waals surface area contributed by atoms with Gasteiger partial charge < -0.3 is 4.90 Å². The molecule has 1 saturated heterocycles. The first-order valence-electron chi connectivity index (χ1n) is 9.74. The molecule has 3 rings (SSSR count). The van der Waals surface area contributed by atoms with E-state index in [4.69, 9.17) is 0 Å². The Morgan fingerprint density at radius 2 is 1.83 bits per heavy atom. The van der Waals surface area contributed by atoms with Crippen LogP contribution in [-0.2, 0) is 10.0 Å². The van der Waals surface area contributed by atoms with E-state index in [2.05, 4.69) is 9.62 Å². The SMILES string of the molecule is Cc1ccc([N+](=O)[O-])cc1S(=O)(=O)NCCCN1CCN(c2ccccc2F)CC1. The summed E-state index contributed by atoms with van der Waals surface area (Å²) in [5.41, 5.74) is 0.809. The van der Waals surface area contributed by atoms with E-state index in [9.17, 15) is 22.9 Å². The molecule has 0 aliphatic carbocycles. The van der Waals surface area contributed by atoms with Crippen molar-refractivity contribution in [3.8, 4) is 0 Å². The Balaban J connectivity index is 1.47. The fourth-order valence-corrected chi connectivity index (χ4v) is 4.84. The number of benzene rings is 2. The van der Waals surface area contributed by atoms with Crippen molar-refractivity contribution in [1.82, 2.24) is 9.62 Å². The Labute approximate surface area is 175 Å². The van der Waals surface area contributed by atoms with Gasteiger partial charge in [0.05, 0.1) is 15.5 Å². The van der Waals surface area contributed by atoms with Crippen LogP contribution in [0.15, 0.2) is 47.4 Å². The normalized spacial score (nSPS) is 15.3. The predicted octanol–water partition coefficient (Wildman–Crippen LogP) is 2.53. The van der Waals surface area contributed by atoms with Crippen LogP contribution in [0.3, 0.4) is 0 Å². The molecule has 1 aliphatic heterocycles. The van der Waals surface area contributed by atoms with E-state index in [0.717, 1.165) is 19.2 Å². The molecule has 8 nitrogen and oxygen atoms in total. The molecule has 10 heteroatoms. The second-order valence-corrected chi connectivity index (χ2v) is 8.97. The molecule has 2 aromatic carbocycles. The standard InChI is InChI=1S/C20H25FN4O4S/c1-16-7-8-17(25(26)27)15-20(16)30(28,29)22-9-4-10-23-11-13-24(14-12-23)19-6-3-2-5-18(19)21/h2-3,5-8,15,22H,4,9-14H2,1H3. The first kappa shape index (κ1) is 22.1. The number of aryl methyl sites for hydroxylation is 1. The van der Waals surface area contributed by atoms with Crippen molar-refractivity contribution in [3.05, 3.63) is 64.0 Å². The Morgan fingerprint density at radius 1 is 1.13 bits per heavy atom. The minimum atomic E-state index is -3.82. The number of non-ortho nitro benzene ring substituents is 1. The third-order valence-electron chi connectivity index (χ3n) is 5.18. The van der Waals surface area contributed by atoms with Gasteiger partial charge in [0.25, 0.3) is 5.69 Å². The smallest absolute Gasteiger partial charge is 0.270 e. The lowest BCUT2D eigenvalue weighted by molar-refractivity contribution is -0.385. The molecule has 1 aliphatic rings. The molecule has 30 heavy (non-hydrogen) atoms. The number of para-hydroxylation sites is 1. The summed E-state index contributed by atoms with van der Waals surface area (Å²) in [5, 5.41) is 10.9. The number of nitrogens with zero attached hydrogens (tertiary/aromatic N) is 3. The average Bonchev–Trinajstić information content (AvgIpc) is 2.72. The largest absolute Gasteiger partial charge is 0.367 e. The zero-order chi connectivity index (χ0) is 21.7. The van der Waals surface area contributed by atoms with Crippen molar-refractivity contribution < 1.29 is 17.7 Å². The summed E-state index contributed by atoms with van der Waals surface area (Å²) in [7, 11) is -3.82. The minimum Gasteiger partial charge on any atom is -0.367 e. The molecule has 0 unspecified atom stereocenters. The van der Waals surface area contributed by atoms with E-state index < -0.39 is 14.9 Å². The van der Waals surface area contributed by atoms with E-state index in [0.29, 0.717) is 37.3 Å². The van der Waals surface area contributed by atoms with E-state index in [-0.39, 0.29) is 22.9 Å². The van der Waals surface area contributed by atoms with Gasteiger partial charge in [0.2, 0.25) is 10.0 Å². The monoisotopic (exact) mass is 436 g/mol. The van der Waals surface area contributed by atoms with Crippen molar-refractivity contribution in [1.29, 1.82) is 0 Å². The number of nitro groups is 1. The predicted molar refractivity (Wildman–Crippen MR) is 113 cm³/mol. The van der Waals surface area contributed by atoms with Crippen LogP contribution in [-0.4, -0.2) is 57.5 Å². The molecule has 2 aromatic rings. The average molecular weight is 437 g/mol. The van der Waals surface area contributed by atoms with Crippen LogP contribution in [0, 0.1) is 22.9 Å². The van der Waals surface area contributed by atoms with Crippen LogP contribution in [0.2, 0.25) is 0 Å². The summed E-state index contributed by atoms with van der Waals surface area (Å²) >= 11 is 0. The van der Waals surface area contributed by atoms with Crippen LogP contribution >= 0.6 is 0 Å². The van der Waals surface area contributed by atoms with E-state index >= 15 is 0 Å². The summed E-state index contributed by atoms with van der Waals surface area (Å²) in [4.78, 5) is 14.5. The molecule has 0 radical (unpaired) electrons. The van der Waals surface area contributed by atoms with Gasteiger partial charge in [-0.25, -0.2) is 17.5 Å². The molecular formula is C20H25FN4O4S. The molecule has 1 N–H and O–H groups in total. The highest BCUT2D eigenvalue weighted by atomic mass is 32.2. The quantitative estimate of drug-likeness (QED) is 0.388. The Morgan fingerprint density at radius 3 is 2.50 bits per heavy atom. The summed E-state index contributed by atoms with van der Waals surface area (Å²) in [6, 6.07) is 10.5. The first-order chi connectivity index (χ1) is 14.3. The lowest BCUT2D eigenvalue weighted by atomic mass is 10.2. The maximum absolute atomic E-state index is 13.9. The lowest BCUT2D eigenvalue weighted by Crippen LogP contribution is -2.47. The van der Waals surface area contributed by atoms with Crippen LogP contribution in [0.1, 0.15) is 12.0 Å². The number of rotatable bonds is 8. The molecule has 0 saturated carbocycles. The fourth-order valence-electron chi connectivity index (χ4n) is 3.50. The highest BCUT2D eigenvalue weighted by Crippen LogP contribution is 2.22. The van der Waals surface area contributed by atoms with Crippen molar-refractivity contribution in [2.45, 2.75) is 18.2 Å². The van der Waals surface area contributed by atoms with Crippen molar-refractivity contribution >= 4 is 21.4 Å². The Bertz CT molecular complexity index is 1010. The highest BCUT2D eigenvalue weighted by molar-refractivity contribution is 7.89. The van der Waals surface area contributed by atoms with Crippen LogP contribution < -0.4 is 9.62 Å². The minimum absolute atomic E-state index is 0.0739. The number of sulfonamides is 1. The third-order valence-corrected chi connectivity index (χ3v) is 6.78. The van der Waals surface area contributed by atoms with E-state index in [1.54, 1.807) is 19.1 Å². The number of halogens is 1. The van der Waals surface area contributed by atoms with Crippen molar-refractivity contribution in [2.24, 2.45) is 0 Å². The molecule has 1 heterocycles.